The first-order valence-corrected chi connectivity index (χ1v) is 21.5. The molecule has 0 radical (unpaired) electrons. The number of fused-ring (bicyclic) bond motifs is 5. The van der Waals surface area contributed by atoms with Crippen molar-refractivity contribution in [2.45, 2.75) is 192 Å². The van der Waals surface area contributed by atoms with Crippen molar-refractivity contribution in [3.05, 3.63) is 11.6 Å². The van der Waals surface area contributed by atoms with Crippen molar-refractivity contribution < 1.29 is 74.7 Å². The van der Waals surface area contributed by atoms with Gasteiger partial charge in [-0.15, -0.1) is 0 Å². The number of aliphatic hydroxyl groups excluding tert-OH is 9. The Morgan fingerprint density at radius 1 is 0.759 bits per heavy atom. The molecule has 21 atom stereocenters. The molecule has 58 heavy (non-hydrogen) atoms. The molecular formula is C43H74O15. The lowest BCUT2D eigenvalue weighted by Gasteiger charge is -2.70. The first-order chi connectivity index (χ1) is 26.9. The Balaban J connectivity index is 1.23. The van der Waals surface area contributed by atoms with Gasteiger partial charge in [0.1, 0.15) is 61.0 Å². The van der Waals surface area contributed by atoms with Gasteiger partial charge in [0.05, 0.1) is 31.0 Å². The quantitative estimate of drug-likeness (QED) is 0.102. The van der Waals surface area contributed by atoms with Crippen molar-refractivity contribution >= 4 is 0 Å². The maximum Gasteiger partial charge on any atom is 0.187 e. The first-order valence-electron chi connectivity index (χ1n) is 21.5. The molecule has 0 aromatic carbocycles. The van der Waals surface area contributed by atoms with Crippen LogP contribution in [0.2, 0.25) is 0 Å². The van der Waals surface area contributed by atoms with Crippen LogP contribution in [0.4, 0.5) is 0 Å². The van der Waals surface area contributed by atoms with Gasteiger partial charge < -0.3 is 74.7 Å². The van der Waals surface area contributed by atoms with E-state index < -0.39 is 110 Å². The van der Waals surface area contributed by atoms with E-state index in [4.69, 9.17) is 23.7 Å². The monoisotopic (exact) mass is 831 g/mol. The Bertz CT molecular complexity index is 1450. The van der Waals surface area contributed by atoms with E-state index in [2.05, 4.69) is 41.5 Å². The summed E-state index contributed by atoms with van der Waals surface area (Å²) in [6, 6.07) is 0. The SMILES string of the molecule is CO[C@@H](/C=C(/C)[C@H]1CC[C@]2(C)[C@@H]1[C@H](O)C[C@@H]1[C@@]3(C)CC[C@H](O[C@@H]4O[C@H](CO)[C@@H](O)[C@H](O)[C@H]4O[C@@H]4O[C@H](CO)[C@@H](O)[C@H](O)[C@H]4O)C(C)(C)[C@@H]3CC[C@]12C)[C@H](O)C(C)(C)O. The van der Waals surface area contributed by atoms with Gasteiger partial charge in [0.15, 0.2) is 12.6 Å². The summed E-state index contributed by atoms with van der Waals surface area (Å²) in [5.41, 5.74) is -1.17. The molecule has 0 amide bonds. The van der Waals surface area contributed by atoms with Gasteiger partial charge in [0.25, 0.3) is 0 Å². The Labute approximate surface area is 343 Å². The highest BCUT2D eigenvalue weighted by atomic mass is 16.8. The standard InChI is InChI=1S/C43H74O15/c1-20(16-23(54-9)36(52)40(4,5)53)21-10-14-43(8)29(21)22(46)17-27-41(6)13-12-28(39(2,3)26(41)11-15-42(27,43)7)57-38-35(33(50)31(48)25(19-45)56-38)58-37-34(51)32(49)30(47)24(18-44)55-37/h16,21-38,44-53H,10-15,17-19H2,1-9H3/b20-16-/t21-,22-,23+,24-,25-,26+,27-,28+,29+,30-,31-,32+,33+,34-,35-,36+,37+,38+,41+,42-,43-/m1/s1. The summed E-state index contributed by atoms with van der Waals surface area (Å²) in [6.45, 7) is 15.4. The minimum atomic E-state index is -1.77. The van der Waals surface area contributed by atoms with E-state index in [1.54, 1.807) is 13.8 Å². The molecule has 10 N–H and O–H groups in total. The third kappa shape index (κ3) is 7.57. The fourth-order valence-corrected chi connectivity index (χ4v) is 13.4. The van der Waals surface area contributed by atoms with Gasteiger partial charge in [0, 0.05) is 7.11 Å². The molecule has 0 aromatic heterocycles. The Hall–Kier alpha value is -0.860. The van der Waals surface area contributed by atoms with Crippen LogP contribution < -0.4 is 0 Å². The summed E-state index contributed by atoms with van der Waals surface area (Å²) in [5, 5.41) is 107. The lowest BCUT2D eigenvalue weighted by Crippen LogP contribution is -2.67. The van der Waals surface area contributed by atoms with Crippen molar-refractivity contribution in [2.75, 3.05) is 20.3 Å². The fraction of sp³-hybridized carbons (Fsp3) is 0.953. The van der Waals surface area contributed by atoms with Crippen LogP contribution in [-0.4, -0.2) is 163 Å². The Morgan fingerprint density at radius 3 is 1.93 bits per heavy atom. The largest absolute Gasteiger partial charge is 0.394 e. The Kier molecular flexibility index (Phi) is 13.4. The topological polar surface area (TPSA) is 248 Å². The number of aliphatic hydroxyl groups is 10. The van der Waals surface area contributed by atoms with E-state index >= 15 is 0 Å². The lowest BCUT2D eigenvalue weighted by atomic mass is 9.35. The van der Waals surface area contributed by atoms with E-state index in [0.717, 1.165) is 37.7 Å². The lowest BCUT2D eigenvalue weighted by molar-refractivity contribution is -0.378. The molecule has 0 bridgehead atoms. The molecular weight excluding hydrogens is 756 g/mol. The number of hydrogen-bond acceptors (Lipinski definition) is 15. The molecule has 6 aliphatic rings. The van der Waals surface area contributed by atoms with E-state index in [9.17, 15) is 51.1 Å². The van der Waals surface area contributed by atoms with Crippen molar-refractivity contribution in [1.82, 2.24) is 0 Å². The van der Waals surface area contributed by atoms with Gasteiger partial charge in [-0.2, -0.15) is 0 Å². The second-order valence-electron chi connectivity index (χ2n) is 20.7. The molecule has 15 heteroatoms. The van der Waals surface area contributed by atoms with E-state index in [1.165, 1.54) is 7.11 Å². The summed E-state index contributed by atoms with van der Waals surface area (Å²) in [5.74, 6) is 0.470. The van der Waals surface area contributed by atoms with Crippen molar-refractivity contribution in [1.29, 1.82) is 0 Å². The van der Waals surface area contributed by atoms with Crippen LogP contribution in [0.5, 0.6) is 0 Å². The number of hydrogen-bond donors (Lipinski definition) is 10. The molecule has 15 nitrogen and oxygen atoms in total. The zero-order chi connectivity index (χ0) is 43.1. The van der Waals surface area contributed by atoms with Crippen molar-refractivity contribution in [3.8, 4) is 0 Å². The van der Waals surface area contributed by atoms with Crippen LogP contribution in [0, 0.1) is 45.3 Å². The molecule has 336 valence electrons. The molecule has 0 unspecified atom stereocenters. The summed E-state index contributed by atoms with van der Waals surface area (Å²) in [7, 11) is 1.53. The predicted molar refractivity (Wildman–Crippen MR) is 209 cm³/mol. The van der Waals surface area contributed by atoms with Crippen LogP contribution in [0.15, 0.2) is 11.6 Å². The van der Waals surface area contributed by atoms with E-state index in [0.29, 0.717) is 12.8 Å². The highest BCUT2D eigenvalue weighted by Gasteiger charge is 2.70. The molecule has 6 fully saturated rings. The van der Waals surface area contributed by atoms with Gasteiger partial charge in [-0.05, 0) is 111 Å². The van der Waals surface area contributed by atoms with Crippen molar-refractivity contribution in [2.24, 2.45) is 45.3 Å². The van der Waals surface area contributed by atoms with Gasteiger partial charge in [-0.25, -0.2) is 0 Å². The van der Waals surface area contributed by atoms with Crippen LogP contribution in [0.25, 0.3) is 0 Å². The number of allylic oxidation sites excluding steroid dienone is 1. The number of ether oxygens (including phenoxy) is 5. The normalized spacial score (nSPS) is 50.7. The average molecular weight is 831 g/mol. The van der Waals surface area contributed by atoms with Crippen LogP contribution in [-0.2, 0) is 23.7 Å². The van der Waals surface area contributed by atoms with E-state index in [-0.39, 0.29) is 39.9 Å². The molecule has 4 saturated carbocycles. The molecule has 6 rings (SSSR count). The van der Waals surface area contributed by atoms with Crippen LogP contribution >= 0.6 is 0 Å². The fourth-order valence-electron chi connectivity index (χ4n) is 13.4. The maximum absolute atomic E-state index is 12.3. The second-order valence-corrected chi connectivity index (χ2v) is 20.7. The molecule has 0 spiro atoms. The minimum absolute atomic E-state index is 0.0138. The van der Waals surface area contributed by atoms with E-state index in [1.807, 2.05) is 6.08 Å². The average Bonchev–Trinajstić information content (AvgIpc) is 3.54. The predicted octanol–water partition coefficient (Wildman–Crippen LogP) is 0.745. The number of rotatable bonds is 11. The number of methoxy groups -OCH3 is 1. The summed E-state index contributed by atoms with van der Waals surface area (Å²) >= 11 is 0. The summed E-state index contributed by atoms with van der Waals surface area (Å²) in [4.78, 5) is 0. The second kappa shape index (κ2) is 16.7. The molecule has 2 saturated heterocycles. The van der Waals surface area contributed by atoms with Crippen molar-refractivity contribution in [3.63, 3.8) is 0 Å². The van der Waals surface area contributed by atoms with Crippen LogP contribution in [0.1, 0.15) is 100 Å². The van der Waals surface area contributed by atoms with Gasteiger partial charge >= 0.3 is 0 Å². The molecule has 2 heterocycles. The van der Waals surface area contributed by atoms with Crippen LogP contribution in [0.3, 0.4) is 0 Å². The summed E-state index contributed by atoms with van der Waals surface area (Å²) in [6.07, 6.45) is -10.4. The zero-order valence-corrected chi connectivity index (χ0v) is 35.8. The third-order valence-electron chi connectivity index (χ3n) is 16.9. The molecule has 2 aliphatic heterocycles. The smallest absolute Gasteiger partial charge is 0.187 e. The summed E-state index contributed by atoms with van der Waals surface area (Å²) < 4.78 is 30.0. The van der Waals surface area contributed by atoms with Gasteiger partial charge in [0.2, 0.25) is 0 Å². The Morgan fingerprint density at radius 2 is 1.34 bits per heavy atom. The zero-order valence-electron chi connectivity index (χ0n) is 35.8. The minimum Gasteiger partial charge on any atom is -0.394 e. The molecule has 4 aliphatic carbocycles. The van der Waals surface area contributed by atoms with Gasteiger partial charge in [-0.1, -0.05) is 46.3 Å². The highest BCUT2D eigenvalue weighted by Crippen LogP contribution is 2.75. The third-order valence-corrected chi connectivity index (χ3v) is 16.9. The first kappa shape index (κ1) is 46.6. The maximum atomic E-state index is 12.3. The van der Waals surface area contributed by atoms with Gasteiger partial charge in [-0.3, -0.25) is 0 Å². The highest BCUT2D eigenvalue weighted by molar-refractivity contribution is 5.23. The molecule has 0 aromatic rings.